The Bertz CT molecular complexity index is 1190. The molecule has 0 saturated heterocycles. The van der Waals surface area contributed by atoms with E-state index in [2.05, 4.69) is 0 Å². The zero-order valence-corrected chi connectivity index (χ0v) is 14.3. The van der Waals surface area contributed by atoms with Crippen molar-refractivity contribution >= 4 is 22.6 Å². The summed E-state index contributed by atoms with van der Waals surface area (Å²) in [7, 11) is 1.03. The molecular formula is C18H13F3N2O5. The standard InChI is InChI=1S/C18H13F3N2O5/c1-28-17-14(21)11(20)3-8-15(17)23(5-9(16(8)25)18(26)27)13-4-12(22)10(19)2-7(13)6-24/h2-5,24H,6,22H2,1H3,(H,26,27). The van der Waals surface area contributed by atoms with E-state index in [9.17, 15) is 33.0 Å². The lowest BCUT2D eigenvalue weighted by Crippen LogP contribution is -2.20. The van der Waals surface area contributed by atoms with E-state index in [4.69, 9.17) is 10.5 Å². The predicted molar refractivity (Wildman–Crippen MR) is 93.3 cm³/mol. The van der Waals surface area contributed by atoms with E-state index in [-0.39, 0.29) is 22.5 Å². The number of hydrogen-bond acceptors (Lipinski definition) is 5. The lowest BCUT2D eigenvalue weighted by molar-refractivity contribution is 0.0695. The first-order valence-corrected chi connectivity index (χ1v) is 7.75. The molecule has 146 valence electrons. The number of anilines is 1. The van der Waals surface area contributed by atoms with Gasteiger partial charge in [0.15, 0.2) is 11.6 Å². The number of pyridine rings is 1. The number of methoxy groups -OCH3 is 1. The van der Waals surface area contributed by atoms with Crippen molar-refractivity contribution < 1.29 is 32.9 Å². The Hall–Kier alpha value is -3.53. The van der Waals surface area contributed by atoms with Crippen LogP contribution in [0.15, 0.2) is 29.2 Å². The van der Waals surface area contributed by atoms with Crippen molar-refractivity contribution in [3.63, 3.8) is 0 Å². The molecule has 0 bridgehead atoms. The summed E-state index contributed by atoms with van der Waals surface area (Å²) < 4.78 is 47.9. The number of rotatable bonds is 4. The molecule has 10 heteroatoms. The summed E-state index contributed by atoms with van der Waals surface area (Å²) in [5, 5.41) is 18.4. The van der Waals surface area contributed by atoms with Crippen molar-refractivity contribution in [2.24, 2.45) is 0 Å². The van der Waals surface area contributed by atoms with Gasteiger partial charge < -0.3 is 25.3 Å². The van der Waals surface area contributed by atoms with Gasteiger partial charge in [-0.1, -0.05) is 0 Å². The van der Waals surface area contributed by atoms with Crippen LogP contribution in [-0.4, -0.2) is 27.9 Å². The zero-order valence-electron chi connectivity index (χ0n) is 14.3. The highest BCUT2D eigenvalue weighted by Crippen LogP contribution is 2.33. The topological polar surface area (TPSA) is 115 Å². The molecule has 1 heterocycles. The van der Waals surface area contributed by atoms with E-state index >= 15 is 0 Å². The molecule has 0 aliphatic rings. The number of aromatic carboxylic acids is 1. The van der Waals surface area contributed by atoms with Crippen LogP contribution in [0.1, 0.15) is 15.9 Å². The van der Waals surface area contributed by atoms with Crippen molar-refractivity contribution in [2.45, 2.75) is 6.61 Å². The first kappa shape index (κ1) is 19.2. The van der Waals surface area contributed by atoms with Gasteiger partial charge in [-0.15, -0.1) is 0 Å². The number of benzene rings is 2. The Morgan fingerprint density at radius 2 is 1.89 bits per heavy atom. The van der Waals surface area contributed by atoms with Gasteiger partial charge in [0.05, 0.1) is 30.5 Å². The molecule has 0 aliphatic carbocycles. The molecule has 0 atom stereocenters. The van der Waals surface area contributed by atoms with Crippen LogP contribution in [0.5, 0.6) is 5.75 Å². The van der Waals surface area contributed by atoms with Crippen LogP contribution < -0.4 is 15.9 Å². The molecule has 0 spiro atoms. The number of fused-ring (bicyclic) bond motifs is 1. The Balaban J connectivity index is 2.62. The van der Waals surface area contributed by atoms with Crippen LogP contribution >= 0.6 is 0 Å². The van der Waals surface area contributed by atoms with Gasteiger partial charge in [-0.05, 0) is 18.2 Å². The third-order valence-electron chi connectivity index (χ3n) is 4.20. The lowest BCUT2D eigenvalue weighted by Gasteiger charge is -2.18. The van der Waals surface area contributed by atoms with Gasteiger partial charge in [0.25, 0.3) is 0 Å². The van der Waals surface area contributed by atoms with Crippen LogP contribution in [0.3, 0.4) is 0 Å². The molecular weight excluding hydrogens is 381 g/mol. The lowest BCUT2D eigenvalue weighted by atomic mass is 10.1. The number of carbonyl (C=O) groups is 1. The molecule has 0 aliphatic heterocycles. The van der Waals surface area contributed by atoms with E-state index in [0.717, 1.165) is 30.0 Å². The molecule has 0 unspecified atom stereocenters. The Labute approximate surface area is 155 Å². The number of hydrogen-bond donors (Lipinski definition) is 3. The first-order chi connectivity index (χ1) is 13.2. The summed E-state index contributed by atoms with van der Waals surface area (Å²) in [5.74, 6) is -5.97. The largest absolute Gasteiger partial charge is 0.491 e. The fourth-order valence-corrected chi connectivity index (χ4v) is 2.90. The van der Waals surface area contributed by atoms with E-state index in [1.807, 2.05) is 0 Å². The maximum Gasteiger partial charge on any atom is 0.341 e. The summed E-state index contributed by atoms with van der Waals surface area (Å²) in [6, 6.07) is 2.52. The van der Waals surface area contributed by atoms with Gasteiger partial charge in [-0.2, -0.15) is 4.39 Å². The average Bonchev–Trinajstić information content (AvgIpc) is 2.65. The maximum atomic E-state index is 14.3. The highest BCUT2D eigenvalue weighted by Gasteiger charge is 2.24. The highest BCUT2D eigenvalue weighted by atomic mass is 19.2. The van der Waals surface area contributed by atoms with Crippen molar-refractivity contribution in [3.05, 3.63) is 63.2 Å². The fourth-order valence-electron chi connectivity index (χ4n) is 2.90. The van der Waals surface area contributed by atoms with Crippen molar-refractivity contribution in [1.82, 2.24) is 4.57 Å². The third kappa shape index (κ3) is 2.83. The van der Waals surface area contributed by atoms with E-state index < -0.39 is 52.2 Å². The van der Waals surface area contributed by atoms with Crippen molar-refractivity contribution in [1.29, 1.82) is 0 Å². The molecule has 3 rings (SSSR count). The quantitative estimate of drug-likeness (QED) is 0.585. The van der Waals surface area contributed by atoms with Gasteiger partial charge in [-0.25, -0.2) is 13.6 Å². The van der Waals surface area contributed by atoms with Gasteiger partial charge in [-0.3, -0.25) is 4.79 Å². The van der Waals surface area contributed by atoms with E-state index in [1.165, 1.54) is 0 Å². The van der Waals surface area contributed by atoms with Gasteiger partial charge in [0.2, 0.25) is 11.2 Å². The second-order valence-electron chi connectivity index (χ2n) is 5.81. The van der Waals surface area contributed by atoms with Crippen LogP contribution in [0.2, 0.25) is 0 Å². The average molecular weight is 394 g/mol. The summed E-state index contributed by atoms with van der Waals surface area (Å²) >= 11 is 0. The predicted octanol–water partition coefficient (Wildman–Crippen LogP) is 2.19. The minimum Gasteiger partial charge on any atom is -0.491 e. The molecule has 28 heavy (non-hydrogen) atoms. The number of carboxylic acids is 1. The fraction of sp³-hybridized carbons (Fsp3) is 0.111. The first-order valence-electron chi connectivity index (χ1n) is 7.75. The van der Waals surface area contributed by atoms with Crippen molar-refractivity contribution in [3.8, 4) is 11.4 Å². The Morgan fingerprint density at radius 1 is 1.21 bits per heavy atom. The number of nitrogens with two attached hydrogens (primary N) is 1. The number of carboxylic acid groups (broad SMARTS) is 1. The monoisotopic (exact) mass is 394 g/mol. The van der Waals surface area contributed by atoms with Crippen LogP contribution in [0.25, 0.3) is 16.6 Å². The normalized spacial score (nSPS) is 11.0. The summed E-state index contributed by atoms with van der Waals surface area (Å²) in [4.78, 5) is 24.0. The Kier molecular flexibility index (Phi) is 4.73. The van der Waals surface area contributed by atoms with Gasteiger partial charge in [0, 0.05) is 11.8 Å². The van der Waals surface area contributed by atoms with Crippen molar-refractivity contribution in [2.75, 3.05) is 12.8 Å². The molecule has 7 nitrogen and oxygen atoms in total. The molecule has 0 radical (unpaired) electrons. The number of nitrogen functional groups attached to an aromatic ring is 1. The second-order valence-corrected chi connectivity index (χ2v) is 5.81. The van der Waals surface area contributed by atoms with Crippen LogP contribution in [0, 0.1) is 17.5 Å². The SMILES string of the molecule is COc1c(F)c(F)cc2c(=O)c(C(=O)O)cn(-c3cc(N)c(F)cc3CO)c12. The second kappa shape index (κ2) is 6.89. The number of ether oxygens (including phenoxy) is 1. The van der Waals surface area contributed by atoms with E-state index in [0.29, 0.717) is 6.07 Å². The molecule has 3 aromatic rings. The smallest absolute Gasteiger partial charge is 0.341 e. The van der Waals surface area contributed by atoms with Gasteiger partial charge >= 0.3 is 5.97 Å². The molecule has 1 aromatic heterocycles. The Morgan fingerprint density at radius 3 is 2.46 bits per heavy atom. The third-order valence-corrected chi connectivity index (χ3v) is 4.20. The molecule has 0 fully saturated rings. The maximum absolute atomic E-state index is 14.3. The molecule has 2 aromatic carbocycles. The number of aromatic nitrogens is 1. The highest BCUT2D eigenvalue weighted by molar-refractivity contribution is 5.95. The molecule has 0 saturated carbocycles. The molecule has 4 N–H and O–H groups in total. The number of aliphatic hydroxyl groups is 1. The van der Waals surface area contributed by atoms with Gasteiger partial charge in [0.1, 0.15) is 16.9 Å². The van der Waals surface area contributed by atoms with E-state index in [1.54, 1.807) is 0 Å². The summed E-state index contributed by atoms with van der Waals surface area (Å²) in [5.41, 5.74) is 2.99. The minimum atomic E-state index is -1.62. The summed E-state index contributed by atoms with van der Waals surface area (Å²) in [6.45, 7) is -0.686. The van der Waals surface area contributed by atoms with Crippen LogP contribution in [0.4, 0.5) is 18.9 Å². The summed E-state index contributed by atoms with van der Waals surface area (Å²) in [6.07, 6.45) is 0.846. The number of nitrogens with zero attached hydrogens (tertiary/aromatic N) is 1. The number of halogens is 3. The molecule has 0 amide bonds. The van der Waals surface area contributed by atoms with Crippen LogP contribution in [-0.2, 0) is 6.61 Å². The zero-order chi connectivity index (χ0) is 20.7. The minimum absolute atomic E-state index is 0.0419. The number of aliphatic hydroxyl groups excluding tert-OH is 1.